The van der Waals surface area contributed by atoms with Crippen LogP contribution in [-0.2, 0) is 119 Å². The molecule has 30 heteroatoms. The Bertz CT molecular complexity index is 2490. The van der Waals surface area contributed by atoms with Gasteiger partial charge in [-0.1, -0.05) is 84.1 Å². The highest BCUT2D eigenvalue weighted by molar-refractivity contribution is 8.13. The number of aromatic nitrogens is 3. The van der Waals surface area contributed by atoms with Crippen LogP contribution in [-0.4, -0.2) is 255 Å². The van der Waals surface area contributed by atoms with Gasteiger partial charge < -0.3 is 95.8 Å². The lowest BCUT2D eigenvalue weighted by atomic mass is 9.95. The normalized spacial score (nSPS) is 12.7. The Hall–Kier alpha value is -4.02. The third-order valence-electron chi connectivity index (χ3n) is 13.3. The molecular formula is C63H102N6O21PS2-. The molecule has 1 atom stereocenters. The molecule has 0 bridgehead atoms. The zero-order valence-electron chi connectivity index (χ0n) is 54.8. The number of carbonyl (C=O) groups is 4. The minimum Gasteiger partial charge on any atom is -0.780 e. The largest absolute Gasteiger partial charge is 0.780 e. The van der Waals surface area contributed by atoms with Gasteiger partial charge in [0.15, 0.2) is 5.12 Å². The molecule has 93 heavy (non-hydrogen) atoms. The molecule has 2 heterocycles. The van der Waals surface area contributed by atoms with E-state index in [2.05, 4.69) is 20.9 Å². The third-order valence-corrected chi connectivity index (χ3v) is 15.7. The van der Waals surface area contributed by atoms with E-state index in [1.165, 1.54) is 11.8 Å². The predicted molar refractivity (Wildman–Crippen MR) is 351 cm³/mol. The van der Waals surface area contributed by atoms with Crippen LogP contribution < -0.4 is 20.4 Å². The standard InChI is InChI=1S/C63H103N6O21PS2/c1-53(2)90-91(74,92)89-23-11-5-4-10-20-64-59(71)18-24-75-28-32-79-37-40-83-42-44-85-46-48-87-50-51-88-49-47-86-45-43-84-41-39-82-35-31-78-27-22-69-63-56-14-8-9-15-57(56)68(52-54-12-6-7-13-55(54)62(63)66-67-69)60(72)17-16-58(70)65-21-26-77-30-34-81-38-36-80-33-29-76-25-19-61(73)93-3/h6-9,12-15,53H,4-5,10-11,16-52H2,1-3H3,(H,64,71)(H,65,70)(H,74,92)/p-1. The SMILES string of the molecule is CSC(=O)CCOCCOCCOCCOCCNC(=O)CCC(=O)N1Cc2ccccc2-c2nnn(CCOCCOCCOCCOCCOCCOCCOCCOCCOCCOCCC(=O)NCCCCCCOP([O-])(=S)OC(C)C)c2-c2ccccc21. The van der Waals surface area contributed by atoms with Crippen molar-refractivity contribution in [2.24, 2.45) is 0 Å². The number of thioether (sulfide) groups is 1. The molecule has 27 nitrogen and oxygen atoms in total. The molecule has 1 aromatic heterocycles. The van der Waals surface area contributed by atoms with Crippen LogP contribution in [0.2, 0.25) is 0 Å². The average molecular weight is 1370 g/mol. The van der Waals surface area contributed by atoms with Crippen LogP contribution in [0.25, 0.3) is 22.5 Å². The Balaban J connectivity index is 0.911. The molecule has 528 valence electrons. The van der Waals surface area contributed by atoms with E-state index < -0.39 is 6.72 Å². The summed E-state index contributed by atoms with van der Waals surface area (Å²) < 4.78 is 90.1. The number of benzene rings is 2. The quantitative estimate of drug-likeness (QED) is 0.0557. The fraction of sp³-hybridized carbons (Fsp3) is 0.714. The fourth-order valence-corrected chi connectivity index (χ4v) is 10.6. The second-order valence-electron chi connectivity index (χ2n) is 20.9. The van der Waals surface area contributed by atoms with Crippen molar-refractivity contribution in [2.75, 3.05) is 216 Å². The first-order valence-electron chi connectivity index (χ1n) is 32.2. The van der Waals surface area contributed by atoms with Gasteiger partial charge in [-0.3, -0.25) is 19.2 Å². The number of nitrogens with one attached hydrogen (secondary N) is 2. The van der Waals surface area contributed by atoms with Crippen LogP contribution >= 0.6 is 18.5 Å². The van der Waals surface area contributed by atoms with Crippen molar-refractivity contribution in [3.63, 3.8) is 0 Å². The van der Waals surface area contributed by atoms with Crippen molar-refractivity contribution in [3.05, 3.63) is 54.1 Å². The van der Waals surface area contributed by atoms with Gasteiger partial charge in [0.1, 0.15) is 12.4 Å². The van der Waals surface area contributed by atoms with Crippen LogP contribution in [0.5, 0.6) is 0 Å². The molecule has 2 N–H and O–H groups in total. The lowest BCUT2D eigenvalue weighted by Gasteiger charge is -2.29. The summed E-state index contributed by atoms with van der Waals surface area (Å²) in [5.74, 6) is -0.491. The number of para-hydroxylation sites is 1. The van der Waals surface area contributed by atoms with Crippen molar-refractivity contribution >= 4 is 58.8 Å². The van der Waals surface area contributed by atoms with E-state index in [1.807, 2.05) is 53.2 Å². The van der Waals surface area contributed by atoms with Gasteiger partial charge in [0.05, 0.1) is 222 Å². The highest BCUT2D eigenvalue weighted by atomic mass is 32.5. The number of fused-ring (bicyclic) bond motifs is 5. The zero-order chi connectivity index (χ0) is 66.5. The lowest BCUT2D eigenvalue weighted by molar-refractivity contribution is -0.209. The zero-order valence-corrected chi connectivity index (χ0v) is 57.3. The van der Waals surface area contributed by atoms with Crippen LogP contribution in [0.1, 0.15) is 70.8 Å². The average Bonchev–Trinajstić information content (AvgIpc) is 1.71. The second kappa shape index (κ2) is 54.0. The fourth-order valence-electron chi connectivity index (χ4n) is 8.68. The third kappa shape index (κ3) is 39.7. The smallest absolute Gasteiger partial charge is 0.227 e. The second-order valence-corrected chi connectivity index (χ2v) is 24.4. The number of rotatable bonds is 61. The summed E-state index contributed by atoms with van der Waals surface area (Å²) in [6, 6.07) is 15.5. The van der Waals surface area contributed by atoms with Crippen molar-refractivity contribution in [2.45, 2.75) is 84.4 Å². The van der Waals surface area contributed by atoms with Crippen LogP contribution in [0.3, 0.4) is 0 Å². The maximum absolute atomic E-state index is 14.0. The number of carbonyl (C=O) groups excluding carboxylic acids is 4. The maximum Gasteiger partial charge on any atom is 0.227 e. The molecule has 0 radical (unpaired) electrons. The number of amides is 3. The molecule has 4 rings (SSSR count). The van der Waals surface area contributed by atoms with Gasteiger partial charge >= 0.3 is 0 Å². The van der Waals surface area contributed by atoms with E-state index >= 15 is 0 Å². The van der Waals surface area contributed by atoms with Crippen molar-refractivity contribution in [1.82, 2.24) is 25.6 Å². The van der Waals surface area contributed by atoms with E-state index in [4.69, 9.17) is 87.2 Å². The van der Waals surface area contributed by atoms with Crippen molar-refractivity contribution < 1.29 is 99.4 Å². The topological polar surface area (TPSA) is 297 Å². The molecule has 3 aromatic rings. The Labute approximate surface area is 558 Å². The summed E-state index contributed by atoms with van der Waals surface area (Å²) in [6.07, 6.45) is 5.57. The summed E-state index contributed by atoms with van der Waals surface area (Å²) in [7, 11) is 0. The minimum atomic E-state index is -3.40. The summed E-state index contributed by atoms with van der Waals surface area (Å²) in [5.41, 5.74) is 4.75. The van der Waals surface area contributed by atoms with Gasteiger partial charge in [-0.25, -0.2) is 4.68 Å². The van der Waals surface area contributed by atoms with Gasteiger partial charge in [-0.2, -0.15) is 0 Å². The molecule has 0 aliphatic carbocycles. The number of anilines is 1. The first-order valence-corrected chi connectivity index (χ1v) is 36.0. The molecular weight excluding hydrogens is 1270 g/mol. The molecule has 0 saturated heterocycles. The molecule has 0 saturated carbocycles. The van der Waals surface area contributed by atoms with E-state index in [1.54, 1.807) is 25.0 Å². The lowest BCUT2D eigenvalue weighted by Crippen LogP contribution is -2.34. The molecule has 1 aliphatic rings. The van der Waals surface area contributed by atoms with Gasteiger partial charge in [-0.05, 0) is 44.6 Å². The first-order chi connectivity index (χ1) is 45.5. The highest BCUT2D eigenvalue weighted by Gasteiger charge is 2.29. The summed E-state index contributed by atoms with van der Waals surface area (Å²) in [5, 5.41) is 15.0. The maximum atomic E-state index is 14.0. The Morgan fingerprint density at radius 1 is 0.516 bits per heavy atom. The van der Waals surface area contributed by atoms with Crippen LogP contribution in [0.15, 0.2) is 48.5 Å². The summed E-state index contributed by atoms with van der Waals surface area (Å²) in [4.78, 5) is 63.8. The number of hydrogen-bond acceptors (Lipinski definition) is 25. The van der Waals surface area contributed by atoms with E-state index in [-0.39, 0.29) is 48.2 Å². The number of hydrogen-bond donors (Lipinski definition) is 2. The molecule has 2 aromatic carbocycles. The highest BCUT2D eigenvalue weighted by Crippen LogP contribution is 2.42. The van der Waals surface area contributed by atoms with Gasteiger partial charge in [0.2, 0.25) is 17.7 Å². The summed E-state index contributed by atoms with van der Waals surface area (Å²) >= 11 is 6.04. The van der Waals surface area contributed by atoms with Crippen LogP contribution in [0.4, 0.5) is 5.69 Å². The minimum absolute atomic E-state index is 0.00761. The van der Waals surface area contributed by atoms with Gasteiger partial charge in [0.25, 0.3) is 0 Å². The summed E-state index contributed by atoms with van der Waals surface area (Å²) in [6.45, 7) is 13.5. The Morgan fingerprint density at radius 2 is 0.946 bits per heavy atom. The van der Waals surface area contributed by atoms with E-state index in [9.17, 15) is 24.1 Å². The van der Waals surface area contributed by atoms with E-state index in [0.29, 0.717) is 236 Å². The number of nitrogens with zero attached hydrogens (tertiary/aromatic N) is 4. The van der Waals surface area contributed by atoms with Crippen molar-refractivity contribution in [3.8, 4) is 22.5 Å². The molecule has 1 aliphatic heterocycles. The number of ether oxygens (including phenoxy) is 14. The monoisotopic (exact) mass is 1370 g/mol. The Morgan fingerprint density at radius 3 is 1.46 bits per heavy atom. The predicted octanol–water partition coefficient (Wildman–Crippen LogP) is 4.96. The first kappa shape index (κ1) is 81.4. The Kier molecular flexibility index (Phi) is 47.3. The number of unbranched alkanes of at least 4 members (excludes halogenated alkanes) is 3. The molecule has 0 fully saturated rings. The van der Waals surface area contributed by atoms with Gasteiger partial charge in [-0.15, -0.1) is 5.10 Å². The molecule has 0 spiro atoms. The van der Waals surface area contributed by atoms with Crippen molar-refractivity contribution in [1.29, 1.82) is 0 Å². The van der Waals surface area contributed by atoms with Crippen LogP contribution in [0, 0.1) is 0 Å². The molecule has 3 amide bonds. The molecule has 1 unspecified atom stereocenters. The van der Waals surface area contributed by atoms with E-state index in [0.717, 1.165) is 48.1 Å². The van der Waals surface area contributed by atoms with Gasteiger partial charge in [0, 0.05) is 49.9 Å².